The average molecular weight is 252 g/mol. The maximum Gasteiger partial charge on any atom is 0.412 e. The highest BCUT2D eigenvalue weighted by Crippen LogP contribution is 2.21. The number of hydrogen-bond acceptors (Lipinski definition) is 4. The minimum absolute atomic E-state index is 0.227. The largest absolute Gasteiger partial charge is 0.447 e. The summed E-state index contributed by atoms with van der Waals surface area (Å²) in [5.74, 6) is 0.554. The first-order chi connectivity index (χ1) is 8.47. The number of nitrogens with one attached hydrogen (secondary N) is 1. The number of ether oxygens (including phenoxy) is 2. The van der Waals surface area contributed by atoms with E-state index >= 15 is 0 Å². The molecule has 0 aliphatic carbocycles. The van der Waals surface area contributed by atoms with E-state index in [4.69, 9.17) is 9.47 Å². The monoisotopic (exact) mass is 252 g/mol. The molecule has 0 aliphatic heterocycles. The van der Waals surface area contributed by atoms with Gasteiger partial charge in [-0.25, -0.2) is 9.78 Å². The smallest absolute Gasteiger partial charge is 0.412 e. The van der Waals surface area contributed by atoms with Crippen molar-refractivity contribution < 1.29 is 14.3 Å². The van der Waals surface area contributed by atoms with Gasteiger partial charge in [-0.1, -0.05) is 0 Å². The van der Waals surface area contributed by atoms with Gasteiger partial charge in [-0.15, -0.1) is 0 Å². The second kappa shape index (κ2) is 6.35. The number of methoxy groups -OCH3 is 1. The van der Waals surface area contributed by atoms with Crippen LogP contribution in [0.2, 0.25) is 0 Å². The molecule has 0 unspecified atom stereocenters. The number of aromatic nitrogens is 1. The number of carbonyl (C=O) groups excluding carboxylic acids is 1. The normalized spacial score (nSPS) is 10.3. The number of hydrogen-bond donors (Lipinski definition) is 1. The molecule has 0 aromatic carbocycles. The van der Waals surface area contributed by atoms with Crippen LogP contribution in [0.4, 0.5) is 10.6 Å². The van der Waals surface area contributed by atoms with Crippen molar-refractivity contribution in [1.29, 1.82) is 0 Å². The molecule has 1 heterocycles. The van der Waals surface area contributed by atoms with Crippen molar-refractivity contribution in [2.24, 2.45) is 0 Å². The van der Waals surface area contributed by atoms with Crippen LogP contribution in [0.15, 0.2) is 0 Å². The van der Waals surface area contributed by atoms with E-state index in [9.17, 15) is 4.79 Å². The van der Waals surface area contributed by atoms with Gasteiger partial charge >= 0.3 is 6.09 Å². The summed E-state index contributed by atoms with van der Waals surface area (Å²) in [4.78, 5) is 15.9. The number of pyridine rings is 1. The van der Waals surface area contributed by atoms with Crippen molar-refractivity contribution >= 4 is 11.9 Å². The Hall–Kier alpha value is -1.62. The summed E-state index contributed by atoms with van der Waals surface area (Å²) in [7, 11) is 1.56. The van der Waals surface area contributed by atoms with E-state index in [1.165, 1.54) is 0 Å². The number of carbonyl (C=O) groups is 1. The quantitative estimate of drug-likeness (QED) is 0.836. The second-order valence-electron chi connectivity index (χ2n) is 4.17. The lowest BCUT2D eigenvalue weighted by molar-refractivity contribution is 0.107. The van der Waals surface area contributed by atoms with Crippen LogP contribution < -0.4 is 5.32 Å². The van der Waals surface area contributed by atoms with Crippen molar-refractivity contribution in [2.75, 3.05) is 25.6 Å². The fourth-order valence-corrected chi connectivity index (χ4v) is 1.54. The maximum atomic E-state index is 11.5. The molecule has 0 atom stereocenters. The zero-order chi connectivity index (χ0) is 13.7. The van der Waals surface area contributed by atoms with E-state index in [0.29, 0.717) is 12.4 Å². The van der Waals surface area contributed by atoms with Crippen LogP contribution in [0.25, 0.3) is 0 Å². The van der Waals surface area contributed by atoms with Crippen LogP contribution in [0, 0.1) is 27.7 Å². The fraction of sp³-hybridized carbons (Fsp3) is 0.538. The molecule has 1 amide bonds. The third kappa shape index (κ3) is 3.43. The van der Waals surface area contributed by atoms with Crippen LogP contribution in [0.3, 0.4) is 0 Å². The number of anilines is 1. The van der Waals surface area contributed by atoms with Gasteiger partial charge in [-0.05, 0) is 44.4 Å². The topological polar surface area (TPSA) is 60.5 Å². The highest BCUT2D eigenvalue weighted by atomic mass is 16.6. The summed E-state index contributed by atoms with van der Waals surface area (Å²) in [6.45, 7) is 8.49. The Balaban J connectivity index is 2.76. The summed E-state index contributed by atoms with van der Waals surface area (Å²) in [6, 6.07) is 0. The molecule has 0 fully saturated rings. The first-order valence-corrected chi connectivity index (χ1v) is 5.84. The van der Waals surface area contributed by atoms with Crippen LogP contribution in [0.5, 0.6) is 0 Å². The van der Waals surface area contributed by atoms with Gasteiger partial charge in [0, 0.05) is 12.8 Å². The van der Waals surface area contributed by atoms with Crippen LogP contribution in [-0.2, 0) is 9.47 Å². The lowest BCUT2D eigenvalue weighted by atomic mass is 10.0. The van der Waals surface area contributed by atoms with Gasteiger partial charge in [-0.2, -0.15) is 0 Å². The molecule has 1 rings (SSSR count). The molecule has 0 radical (unpaired) electrons. The van der Waals surface area contributed by atoms with Crippen molar-refractivity contribution in [1.82, 2.24) is 4.98 Å². The fourth-order valence-electron chi connectivity index (χ4n) is 1.54. The molecule has 100 valence electrons. The van der Waals surface area contributed by atoms with Crippen molar-refractivity contribution in [3.05, 3.63) is 22.4 Å². The Labute approximate surface area is 108 Å². The molecule has 0 aliphatic rings. The molecule has 1 N–H and O–H groups in total. The molecule has 5 heteroatoms. The van der Waals surface area contributed by atoms with Gasteiger partial charge < -0.3 is 9.47 Å². The van der Waals surface area contributed by atoms with E-state index in [1.54, 1.807) is 7.11 Å². The average Bonchev–Trinajstić information content (AvgIpc) is 2.33. The van der Waals surface area contributed by atoms with Gasteiger partial charge in [-0.3, -0.25) is 5.32 Å². The molecule has 1 aromatic rings. The molecule has 18 heavy (non-hydrogen) atoms. The predicted molar refractivity (Wildman–Crippen MR) is 70.0 cm³/mol. The Morgan fingerprint density at radius 1 is 1.11 bits per heavy atom. The SMILES string of the molecule is COCCOC(=O)Nc1nc(C)c(C)c(C)c1C. The van der Waals surface area contributed by atoms with Gasteiger partial charge in [0.05, 0.1) is 6.61 Å². The zero-order valence-corrected chi connectivity index (χ0v) is 11.6. The Morgan fingerprint density at radius 3 is 2.39 bits per heavy atom. The number of amides is 1. The number of nitrogens with zero attached hydrogens (tertiary/aromatic N) is 1. The van der Waals surface area contributed by atoms with Crippen LogP contribution in [0.1, 0.15) is 22.4 Å². The van der Waals surface area contributed by atoms with Crippen molar-refractivity contribution in [3.8, 4) is 0 Å². The highest BCUT2D eigenvalue weighted by Gasteiger charge is 2.11. The van der Waals surface area contributed by atoms with Crippen LogP contribution >= 0.6 is 0 Å². The zero-order valence-electron chi connectivity index (χ0n) is 11.6. The number of aryl methyl sites for hydroxylation is 1. The summed E-state index contributed by atoms with van der Waals surface area (Å²) < 4.78 is 9.74. The number of rotatable bonds is 4. The lowest BCUT2D eigenvalue weighted by Crippen LogP contribution is -2.18. The highest BCUT2D eigenvalue weighted by molar-refractivity contribution is 5.84. The van der Waals surface area contributed by atoms with E-state index in [2.05, 4.69) is 10.3 Å². The second-order valence-corrected chi connectivity index (χ2v) is 4.17. The summed E-state index contributed by atoms with van der Waals surface area (Å²) >= 11 is 0. The van der Waals surface area contributed by atoms with Crippen molar-refractivity contribution in [3.63, 3.8) is 0 Å². The predicted octanol–water partition coefficient (Wildman–Crippen LogP) is 2.51. The first-order valence-electron chi connectivity index (χ1n) is 5.84. The molecule has 0 spiro atoms. The molecule has 1 aromatic heterocycles. The molecule has 0 saturated heterocycles. The molecular formula is C13H20N2O3. The van der Waals surface area contributed by atoms with Gasteiger partial charge in [0.25, 0.3) is 0 Å². The minimum atomic E-state index is -0.509. The standard InChI is InChI=1S/C13H20N2O3/c1-8-9(2)11(4)14-12(10(8)3)15-13(16)18-7-6-17-5/h6-7H2,1-5H3,(H,14,15,16). The maximum absolute atomic E-state index is 11.5. The Kier molecular flexibility index (Phi) is 5.09. The molecule has 0 bridgehead atoms. The summed E-state index contributed by atoms with van der Waals surface area (Å²) in [5, 5.41) is 2.65. The Bertz CT molecular complexity index is 444. The van der Waals surface area contributed by atoms with Crippen LogP contribution in [-0.4, -0.2) is 31.4 Å². The third-order valence-corrected chi connectivity index (χ3v) is 3.04. The first kappa shape index (κ1) is 14.4. The van der Waals surface area contributed by atoms with E-state index in [0.717, 1.165) is 22.4 Å². The van der Waals surface area contributed by atoms with Gasteiger partial charge in [0.1, 0.15) is 12.4 Å². The van der Waals surface area contributed by atoms with Gasteiger partial charge in [0.2, 0.25) is 0 Å². The molecule has 0 saturated carbocycles. The van der Waals surface area contributed by atoms with E-state index in [-0.39, 0.29) is 6.61 Å². The molecular weight excluding hydrogens is 232 g/mol. The summed E-state index contributed by atoms with van der Waals surface area (Å²) in [6.07, 6.45) is -0.509. The Morgan fingerprint density at radius 2 is 1.78 bits per heavy atom. The van der Waals surface area contributed by atoms with E-state index in [1.807, 2.05) is 27.7 Å². The molecule has 5 nitrogen and oxygen atoms in total. The summed E-state index contributed by atoms with van der Waals surface area (Å²) in [5.41, 5.74) is 4.15. The minimum Gasteiger partial charge on any atom is -0.447 e. The van der Waals surface area contributed by atoms with Crippen molar-refractivity contribution in [2.45, 2.75) is 27.7 Å². The van der Waals surface area contributed by atoms with Gasteiger partial charge in [0.15, 0.2) is 0 Å². The van der Waals surface area contributed by atoms with E-state index < -0.39 is 6.09 Å². The lowest BCUT2D eigenvalue weighted by Gasteiger charge is -2.13. The third-order valence-electron chi connectivity index (χ3n) is 3.04.